The number of benzene rings is 1. The first-order valence-corrected chi connectivity index (χ1v) is 8.97. The smallest absolute Gasteiger partial charge is 0.283 e. The SMILES string of the molecule is CCCN(Cc1nnc(-c2ccco2)o1)C(=O)COc1ccc(Br)cc1. The second-order valence-electron chi connectivity index (χ2n) is 5.54. The lowest BCUT2D eigenvalue weighted by molar-refractivity contribution is -0.134. The largest absolute Gasteiger partial charge is 0.484 e. The Morgan fingerprint density at radius 3 is 2.73 bits per heavy atom. The number of nitrogens with zero attached hydrogens (tertiary/aromatic N) is 3. The topological polar surface area (TPSA) is 81.6 Å². The minimum Gasteiger partial charge on any atom is -0.484 e. The Labute approximate surface area is 159 Å². The Kier molecular flexibility index (Phi) is 6.06. The van der Waals surface area contributed by atoms with E-state index in [2.05, 4.69) is 26.1 Å². The van der Waals surface area contributed by atoms with Crippen molar-refractivity contribution in [3.8, 4) is 17.4 Å². The zero-order chi connectivity index (χ0) is 18.4. The molecule has 0 aliphatic heterocycles. The molecule has 136 valence electrons. The molecule has 2 heterocycles. The second kappa shape index (κ2) is 8.66. The predicted octanol–water partition coefficient (Wildman–Crippen LogP) is 3.91. The molecule has 1 amide bonds. The van der Waals surface area contributed by atoms with Crippen LogP contribution in [0.25, 0.3) is 11.7 Å². The van der Waals surface area contributed by atoms with E-state index in [4.69, 9.17) is 13.6 Å². The quantitative estimate of drug-likeness (QED) is 0.550. The molecule has 0 spiro atoms. The maximum atomic E-state index is 12.5. The van der Waals surface area contributed by atoms with Crippen molar-refractivity contribution < 1.29 is 18.4 Å². The fourth-order valence-electron chi connectivity index (χ4n) is 2.31. The molecular weight excluding hydrogens is 402 g/mol. The van der Waals surface area contributed by atoms with Crippen LogP contribution in [0.5, 0.6) is 5.75 Å². The molecule has 3 rings (SSSR count). The predicted molar refractivity (Wildman–Crippen MR) is 97.3 cm³/mol. The first-order chi connectivity index (χ1) is 12.7. The van der Waals surface area contributed by atoms with Gasteiger partial charge in [0.25, 0.3) is 11.8 Å². The van der Waals surface area contributed by atoms with Gasteiger partial charge >= 0.3 is 0 Å². The lowest BCUT2D eigenvalue weighted by atomic mass is 10.3. The van der Waals surface area contributed by atoms with E-state index in [0.717, 1.165) is 10.9 Å². The first-order valence-electron chi connectivity index (χ1n) is 8.18. The summed E-state index contributed by atoms with van der Waals surface area (Å²) in [4.78, 5) is 14.1. The lowest BCUT2D eigenvalue weighted by Crippen LogP contribution is -2.35. The van der Waals surface area contributed by atoms with Gasteiger partial charge in [0.1, 0.15) is 5.75 Å². The molecular formula is C18H18BrN3O4. The van der Waals surface area contributed by atoms with Gasteiger partial charge in [0.15, 0.2) is 12.4 Å². The third-order valence-corrected chi connectivity index (χ3v) is 4.08. The summed E-state index contributed by atoms with van der Waals surface area (Å²) in [6, 6.07) is 10.8. The molecule has 0 saturated heterocycles. The highest BCUT2D eigenvalue weighted by molar-refractivity contribution is 9.10. The van der Waals surface area contributed by atoms with E-state index < -0.39 is 0 Å². The van der Waals surface area contributed by atoms with Crippen LogP contribution in [0.1, 0.15) is 19.2 Å². The van der Waals surface area contributed by atoms with Gasteiger partial charge in [0.05, 0.1) is 12.8 Å². The highest BCUT2D eigenvalue weighted by atomic mass is 79.9. The Morgan fingerprint density at radius 1 is 1.23 bits per heavy atom. The van der Waals surface area contributed by atoms with E-state index >= 15 is 0 Å². The van der Waals surface area contributed by atoms with Gasteiger partial charge in [-0.15, -0.1) is 10.2 Å². The molecule has 0 fully saturated rings. The number of carbonyl (C=O) groups excluding carboxylic acids is 1. The number of carbonyl (C=O) groups is 1. The summed E-state index contributed by atoms with van der Waals surface area (Å²) in [6.07, 6.45) is 2.34. The molecule has 3 aromatic rings. The molecule has 0 aliphatic rings. The van der Waals surface area contributed by atoms with Gasteiger partial charge in [-0.3, -0.25) is 4.79 Å². The molecule has 26 heavy (non-hydrogen) atoms. The van der Waals surface area contributed by atoms with Crippen molar-refractivity contribution in [2.75, 3.05) is 13.2 Å². The molecule has 2 aromatic heterocycles. The summed E-state index contributed by atoms with van der Waals surface area (Å²) in [7, 11) is 0. The van der Waals surface area contributed by atoms with Crippen molar-refractivity contribution in [1.29, 1.82) is 0 Å². The summed E-state index contributed by atoms with van der Waals surface area (Å²) in [5.41, 5.74) is 0. The van der Waals surface area contributed by atoms with Gasteiger partial charge in [-0.1, -0.05) is 22.9 Å². The maximum Gasteiger partial charge on any atom is 0.283 e. The van der Waals surface area contributed by atoms with Crippen LogP contribution in [0, 0.1) is 0 Å². The molecule has 0 bridgehead atoms. The van der Waals surface area contributed by atoms with Crippen molar-refractivity contribution in [3.05, 3.63) is 53.0 Å². The van der Waals surface area contributed by atoms with Crippen LogP contribution in [-0.4, -0.2) is 34.2 Å². The average Bonchev–Trinajstić information content (AvgIpc) is 3.32. The number of halogens is 1. The van der Waals surface area contributed by atoms with Crippen molar-refractivity contribution in [3.63, 3.8) is 0 Å². The van der Waals surface area contributed by atoms with Crippen molar-refractivity contribution in [2.45, 2.75) is 19.9 Å². The van der Waals surface area contributed by atoms with E-state index in [9.17, 15) is 4.79 Å². The Balaban J connectivity index is 1.60. The van der Waals surface area contributed by atoms with Crippen LogP contribution in [0.15, 0.2) is 56.0 Å². The highest BCUT2D eigenvalue weighted by Gasteiger charge is 2.18. The summed E-state index contributed by atoms with van der Waals surface area (Å²) in [5.74, 6) is 1.63. The third kappa shape index (κ3) is 4.72. The van der Waals surface area contributed by atoms with Crippen LogP contribution >= 0.6 is 15.9 Å². The molecule has 0 atom stereocenters. The van der Waals surface area contributed by atoms with Crippen LogP contribution < -0.4 is 4.74 Å². The van der Waals surface area contributed by atoms with E-state index in [1.54, 1.807) is 29.2 Å². The van der Waals surface area contributed by atoms with Gasteiger partial charge in [0, 0.05) is 11.0 Å². The number of ether oxygens (including phenoxy) is 1. The fraction of sp³-hybridized carbons (Fsp3) is 0.278. The van der Waals surface area contributed by atoms with Crippen molar-refractivity contribution >= 4 is 21.8 Å². The zero-order valence-corrected chi connectivity index (χ0v) is 15.8. The summed E-state index contributed by atoms with van der Waals surface area (Å²) in [5, 5.41) is 7.94. The molecule has 7 nitrogen and oxygen atoms in total. The van der Waals surface area contributed by atoms with Crippen LogP contribution in [-0.2, 0) is 11.3 Å². The maximum absolute atomic E-state index is 12.5. The van der Waals surface area contributed by atoms with E-state index in [1.807, 2.05) is 19.1 Å². The molecule has 0 N–H and O–H groups in total. The monoisotopic (exact) mass is 419 g/mol. The molecule has 0 aliphatic carbocycles. The Hall–Kier alpha value is -2.61. The number of furan rings is 1. The zero-order valence-electron chi connectivity index (χ0n) is 14.2. The van der Waals surface area contributed by atoms with E-state index in [0.29, 0.717) is 29.8 Å². The molecule has 0 unspecified atom stereocenters. The van der Waals surface area contributed by atoms with Crippen molar-refractivity contribution in [1.82, 2.24) is 15.1 Å². The number of hydrogen-bond donors (Lipinski definition) is 0. The minimum atomic E-state index is -0.146. The lowest BCUT2D eigenvalue weighted by Gasteiger charge is -2.20. The van der Waals surface area contributed by atoms with Gasteiger partial charge < -0.3 is 18.5 Å². The van der Waals surface area contributed by atoms with Gasteiger partial charge in [-0.2, -0.15) is 0 Å². The Morgan fingerprint density at radius 2 is 2.04 bits per heavy atom. The number of aromatic nitrogens is 2. The van der Waals surface area contributed by atoms with Gasteiger partial charge in [0.2, 0.25) is 5.89 Å². The summed E-state index contributed by atoms with van der Waals surface area (Å²) < 4.78 is 17.3. The minimum absolute atomic E-state index is 0.0548. The number of hydrogen-bond acceptors (Lipinski definition) is 6. The third-order valence-electron chi connectivity index (χ3n) is 3.55. The number of rotatable bonds is 8. The van der Waals surface area contributed by atoms with Crippen LogP contribution in [0.4, 0.5) is 0 Å². The second-order valence-corrected chi connectivity index (χ2v) is 6.45. The molecule has 8 heteroatoms. The van der Waals surface area contributed by atoms with E-state index in [1.165, 1.54) is 6.26 Å². The molecule has 0 saturated carbocycles. The van der Waals surface area contributed by atoms with Gasteiger partial charge in [-0.25, -0.2) is 0 Å². The number of amides is 1. The summed E-state index contributed by atoms with van der Waals surface area (Å²) in [6.45, 7) is 2.74. The standard InChI is InChI=1S/C18H18BrN3O4/c1-2-9-22(17(23)12-25-14-7-5-13(19)6-8-14)11-16-20-21-18(26-16)15-4-3-10-24-15/h3-8,10H,2,9,11-12H2,1H3. The fourth-order valence-corrected chi connectivity index (χ4v) is 2.57. The first kappa shape index (κ1) is 18.2. The molecule has 1 aromatic carbocycles. The van der Waals surface area contributed by atoms with Crippen LogP contribution in [0.3, 0.4) is 0 Å². The van der Waals surface area contributed by atoms with Crippen molar-refractivity contribution in [2.24, 2.45) is 0 Å². The highest BCUT2D eigenvalue weighted by Crippen LogP contribution is 2.19. The summed E-state index contributed by atoms with van der Waals surface area (Å²) >= 11 is 3.36. The normalized spacial score (nSPS) is 10.7. The Bertz CT molecular complexity index is 831. The molecule has 0 radical (unpaired) electrons. The average molecular weight is 420 g/mol. The van der Waals surface area contributed by atoms with Crippen LogP contribution in [0.2, 0.25) is 0 Å². The van der Waals surface area contributed by atoms with Gasteiger partial charge in [-0.05, 0) is 42.8 Å². The van der Waals surface area contributed by atoms with E-state index in [-0.39, 0.29) is 19.1 Å².